The van der Waals surface area contributed by atoms with Gasteiger partial charge in [-0.05, 0) is 72.8 Å². The summed E-state index contributed by atoms with van der Waals surface area (Å²) in [4.78, 5) is 26.4. The molecule has 0 aliphatic rings. The molecule has 0 bridgehead atoms. The number of carbonyl (C=O) groups excluding carboxylic acids is 2. The van der Waals surface area contributed by atoms with Crippen LogP contribution in [-0.2, 0) is 21.7 Å². The number of amides is 2. The molecule has 0 fully saturated rings. The monoisotopic (exact) mass is 496 g/mol. The van der Waals surface area contributed by atoms with Crippen molar-refractivity contribution in [3.05, 3.63) is 83.4 Å². The molecule has 0 heterocycles. The summed E-state index contributed by atoms with van der Waals surface area (Å²) >= 11 is 2.85. The molecule has 3 aromatic carbocycles. The quantitative estimate of drug-likeness (QED) is 0.197. The molecule has 0 saturated heterocycles. The second kappa shape index (κ2) is 13.0. The van der Waals surface area contributed by atoms with E-state index in [2.05, 4.69) is 10.0 Å². The van der Waals surface area contributed by atoms with Crippen LogP contribution in [0.25, 0.3) is 0 Å². The first-order chi connectivity index (χ1) is 16.5. The molecule has 34 heavy (non-hydrogen) atoms. The van der Waals surface area contributed by atoms with Crippen molar-refractivity contribution < 1.29 is 19.1 Å². The number of hydrogen-bond donors (Lipinski definition) is 2. The van der Waals surface area contributed by atoms with Gasteiger partial charge in [-0.1, -0.05) is 36.4 Å². The van der Waals surface area contributed by atoms with Crippen LogP contribution >= 0.6 is 23.7 Å². The zero-order chi connectivity index (χ0) is 24.3. The summed E-state index contributed by atoms with van der Waals surface area (Å²) in [7, 11) is 1.64. The van der Waals surface area contributed by atoms with Gasteiger partial charge in [-0.3, -0.25) is 9.52 Å². The van der Waals surface area contributed by atoms with Crippen LogP contribution in [0, 0.1) is 6.92 Å². The Bertz CT molecular complexity index is 1120. The summed E-state index contributed by atoms with van der Waals surface area (Å²) in [5.74, 6) is 1.22. The van der Waals surface area contributed by atoms with Crippen molar-refractivity contribution in [1.29, 1.82) is 0 Å². The predicted molar refractivity (Wildman–Crippen MR) is 139 cm³/mol. The maximum absolute atomic E-state index is 12.6. The average molecular weight is 497 g/mol. The molecule has 2 amide bonds. The molecule has 2 N–H and O–H groups in total. The molecule has 0 radical (unpaired) electrons. The van der Waals surface area contributed by atoms with E-state index in [0.717, 1.165) is 32.2 Å². The molecule has 0 unspecified atom stereocenters. The Morgan fingerprint density at radius 3 is 2.38 bits per heavy atom. The average Bonchev–Trinajstić information content (AvgIpc) is 2.84. The van der Waals surface area contributed by atoms with E-state index >= 15 is 0 Å². The fourth-order valence-corrected chi connectivity index (χ4v) is 4.73. The fraction of sp³-hybridized carbons (Fsp3) is 0.231. The highest BCUT2D eigenvalue weighted by Crippen LogP contribution is 2.32. The Morgan fingerprint density at radius 1 is 0.941 bits per heavy atom. The number of hydrogen-bond acceptors (Lipinski definition) is 6. The zero-order valence-electron chi connectivity index (χ0n) is 19.4. The third kappa shape index (κ3) is 7.74. The first-order valence-corrected chi connectivity index (χ1v) is 12.6. The first-order valence-electron chi connectivity index (χ1n) is 10.8. The standard InChI is InChI=1S/C26H28N2O4S2/c1-4-32-25(29)16-20-11-14-22(27-26(30)28-34-23-8-6-5-7-18(23)2)24(15-20)33-17-19-9-12-21(31-3)13-10-19/h5-15H,4,16-17H2,1-3H3,(H2,27,28,30). The van der Waals surface area contributed by atoms with Crippen LogP contribution in [-0.4, -0.2) is 25.7 Å². The number of benzene rings is 3. The van der Waals surface area contributed by atoms with Crippen LogP contribution in [0.2, 0.25) is 0 Å². The summed E-state index contributed by atoms with van der Waals surface area (Å²) in [6.07, 6.45) is 0.180. The van der Waals surface area contributed by atoms with Gasteiger partial charge in [0.05, 0.1) is 25.8 Å². The smallest absolute Gasteiger partial charge is 0.329 e. The molecule has 0 atom stereocenters. The molecule has 0 aliphatic carbocycles. The van der Waals surface area contributed by atoms with Crippen LogP contribution < -0.4 is 14.8 Å². The largest absolute Gasteiger partial charge is 0.497 e. The van der Waals surface area contributed by atoms with Gasteiger partial charge in [-0.15, -0.1) is 11.8 Å². The van der Waals surface area contributed by atoms with Crippen molar-refractivity contribution in [3.63, 3.8) is 0 Å². The number of urea groups is 1. The Hall–Kier alpha value is -3.10. The molecule has 3 aromatic rings. The second-order valence-electron chi connectivity index (χ2n) is 7.37. The number of methoxy groups -OCH3 is 1. The lowest BCUT2D eigenvalue weighted by molar-refractivity contribution is -0.142. The minimum Gasteiger partial charge on any atom is -0.497 e. The fourth-order valence-electron chi connectivity index (χ4n) is 3.08. The Balaban J connectivity index is 1.71. The summed E-state index contributed by atoms with van der Waals surface area (Å²) in [6, 6.07) is 21.0. The molecule has 8 heteroatoms. The van der Waals surface area contributed by atoms with E-state index in [9.17, 15) is 9.59 Å². The Kier molecular flexibility index (Phi) is 9.73. The van der Waals surface area contributed by atoms with Gasteiger partial charge < -0.3 is 14.8 Å². The molecule has 0 saturated carbocycles. The third-order valence-corrected chi connectivity index (χ3v) is 6.94. The van der Waals surface area contributed by atoms with E-state index in [1.807, 2.05) is 73.7 Å². The highest BCUT2D eigenvalue weighted by molar-refractivity contribution is 7.98. The van der Waals surface area contributed by atoms with Gasteiger partial charge in [0.25, 0.3) is 0 Å². The van der Waals surface area contributed by atoms with Gasteiger partial charge in [-0.25, -0.2) is 4.79 Å². The van der Waals surface area contributed by atoms with E-state index < -0.39 is 0 Å². The highest BCUT2D eigenvalue weighted by Gasteiger charge is 2.12. The van der Waals surface area contributed by atoms with Crippen molar-refractivity contribution in [3.8, 4) is 5.75 Å². The molecule has 0 aliphatic heterocycles. The van der Waals surface area contributed by atoms with Crippen LogP contribution in [0.4, 0.5) is 10.5 Å². The number of carbonyl (C=O) groups is 2. The van der Waals surface area contributed by atoms with Gasteiger partial charge in [-0.2, -0.15) is 0 Å². The number of aryl methyl sites for hydroxylation is 1. The van der Waals surface area contributed by atoms with Crippen molar-refractivity contribution in [2.45, 2.75) is 35.8 Å². The van der Waals surface area contributed by atoms with E-state index in [0.29, 0.717) is 18.0 Å². The van der Waals surface area contributed by atoms with Crippen LogP contribution in [0.15, 0.2) is 76.5 Å². The third-order valence-electron chi connectivity index (χ3n) is 4.85. The molecular weight excluding hydrogens is 468 g/mol. The molecule has 3 rings (SSSR count). The Labute approximate surface area is 208 Å². The number of thioether (sulfide) groups is 1. The number of esters is 1. The van der Waals surface area contributed by atoms with Crippen molar-refractivity contribution in [2.24, 2.45) is 0 Å². The van der Waals surface area contributed by atoms with Crippen molar-refractivity contribution >= 4 is 41.4 Å². The molecule has 6 nitrogen and oxygen atoms in total. The lowest BCUT2D eigenvalue weighted by Gasteiger charge is -2.14. The summed E-state index contributed by atoms with van der Waals surface area (Å²) in [5.41, 5.74) is 3.71. The van der Waals surface area contributed by atoms with Gasteiger partial charge in [0.2, 0.25) is 0 Å². The van der Waals surface area contributed by atoms with Crippen LogP contribution in [0.3, 0.4) is 0 Å². The molecular formula is C26H28N2O4S2. The number of ether oxygens (including phenoxy) is 2. The van der Waals surface area contributed by atoms with Gasteiger partial charge in [0, 0.05) is 15.5 Å². The number of nitrogens with one attached hydrogen (secondary N) is 2. The Morgan fingerprint density at radius 2 is 1.68 bits per heavy atom. The second-order valence-corrected chi connectivity index (χ2v) is 9.24. The van der Waals surface area contributed by atoms with Crippen molar-refractivity contribution in [2.75, 3.05) is 19.0 Å². The normalized spacial score (nSPS) is 10.4. The van der Waals surface area contributed by atoms with E-state index in [4.69, 9.17) is 9.47 Å². The minimum absolute atomic E-state index is 0.180. The highest BCUT2D eigenvalue weighted by atomic mass is 32.2. The molecule has 178 valence electrons. The summed E-state index contributed by atoms with van der Waals surface area (Å²) < 4.78 is 13.1. The van der Waals surface area contributed by atoms with E-state index in [1.54, 1.807) is 25.8 Å². The van der Waals surface area contributed by atoms with Crippen molar-refractivity contribution in [1.82, 2.24) is 4.72 Å². The van der Waals surface area contributed by atoms with E-state index in [-0.39, 0.29) is 18.4 Å². The zero-order valence-corrected chi connectivity index (χ0v) is 21.1. The van der Waals surface area contributed by atoms with E-state index in [1.165, 1.54) is 11.9 Å². The maximum Gasteiger partial charge on any atom is 0.329 e. The SMILES string of the molecule is CCOC(=O)Cc1ccc(NC(=O)NSc2ccccc2C)c(SCc2ccc(OC)cc2)c1. The predicted octanol–water partition coefficient (Wildman–Crippen LogP) is 6.23. The van der Waals surface area contributed by atoms with Crippen LogP contribution in [0.5, 0.6) is 5.75 Å². The summed E-state index contributed by atoms with van der Waals surface area (Å²) in [5, 5.41) is 2.93. The maximum atomic E-state index is 12.6. The number of rotatable bonds is 10. The van der Waals surface area contributed by atoms with Gasteiger partial charge in [0.1, 0.15) is 5.75 Å². The lowest BCUT2D eigenvalue weighted by Crippen LogP contribution is -2.23. The van der Waals surface area contributed by atoms with Crippen LogP contribution in [0.1, 0.15) is 23.6 Å². The molecule has 0 aromatic heterocycles. The lowest BCUT2D eigenvalue weighted by atomic mass is 10.1. The topological polar surface area (TPSA) is 76.7 Å². The summed E-state index contributed by atoms with van der Waals surface area (Å²) in [6.45, 7) is 4.13. The van der Waals surface area contributed by atoms with Gasteiger partial charge in [0.15, 0.2) is 0 Å². The van der Waals surface area contributed by atoms with Gasteiger partial charge >= 0.3 is 12.0 Å². The molecule has 0 spiro atoms. The first kappa shape index (κ1) is 25.5. The minimum atomic E-state index is -0.322. The number of anilines is 1.